The molecule has 0 spiro atoms. The summed E-state index contributed by atoms with van der Waals surface area (Å²) in [5, 5.41) is 26.1. The van der Waals surface area contributed by atoms with Crippen LogP contribution in [0.25, 0.3) is 10.2 Å². The predicted molar refractivity (Wildman–Crippen MR) is 80.8 cm³/mol. The number of hydrogen-bond acceptors (Lipinski definition) is 7. The van der Waals surface area contributed by atoms with E-state index in [-0.39, 0.29) is 5.69 Å². The maximum Gasteiger partial charge on any atom is 0.490 e. The monoisotopic (exact) mass is 392 g/mol. The van der Waals surface area contributed by atoms with Gasteiger partial charge < -0.3 is 10.2 Å². The molecule has 2 aromatic heterocycles. The lowest BCUT2D eigenvalue weighted by Gasteiger charge is -1.98. The van der Waals surface area contributed by atoms with Crippen molar-refractivity contribution in [3.05, 3.63) is 29.4 Å². The van der Waals surface area contributed by atoms with Crippen molar-refractivity contribution in [1.29, 1.82) is 0 Å². The van der Waals surface area contributed by atoms with E-state index in [1.54, 1.807) is 5.51 Å². The topological polar surface area (TPSA) is 129 Å². The molecule has 0 bridgehead atoms. The Morgan fingerprint density at radius 2 is 1.92 bits per heavy atom. The number of aliphatic carboxylic acids is 1. The lowest BCUT2D eigenvalue weighted by atomic mass is 10.3. The lowest BCUT2D eigenvalue weighted by molar-refractivity contribution is -0.192. The number of nitrogens with one attached hydrogen (secondary N) is 1. The molecule has 0 atom stereocenters. The van der Waals surface area contributed by atoms with Gasteiger partial charge in [-0.25, -0.2) is 14.6 Å². The first-order valence-corrected chi connectivity index (χ1v) is 7.83. The molecule has 3 N–H and O–H groups in total. The zero-order valence-electron chi connectivity index (χ0n) is 11.8. The van der Waals surface area contributed by atoms with Crippen molar-refractivity contribution in [3.63, 3.8) is 0 Å². The highest BCUT2D eigenvalue weighted by atomic mass is 32.2. The second-order valence-electron chi connectivity index (χ2n) is 4.18. The molecule has 25 heavy (non-hydrogen) atoms. The Morgan fingerprint density at radius 3 is 2.52 bits per heavy atom. The van der Waals surface area contributed by atoms with Gasteiger partial charge in [0, 0.05) is 4.90 Å². The fourth-order valence-corrected chi connectivity index (χ4v) is 3.08. The van der Waals surface area contributed by atoms with Crippen LogP contribution in [0.4, 0.5) is 13.2 Å². The molecule has 0 aliphatic rings. The predicted octanol–water partition coefficient (Wildman–Crippen LogP) is 2.90. The molecule has 0 amide bonds. The van der Waals surface area contributed by atoms with Gasteiger partial charge in [0.25, 0.3) is 0 Å². The van der Waals surface area contributed by atoms with Gasteiger partial charge in [-0.2, -0.15) is 13.2 Å². The molecule has 1 aromatic carbocycles. The van der Waals surface area contributed by atoms with E-state index in [0.717, 1.165) is 15.1 Å². The van der Waals surface area contributed by atoms with Gasteiger partial charge in [0.05, 0.1) is 15.7 Å². The van der Waals surface area contributed by atoms with Crippen LogP contribution >= 0.6 is 23.1 Å². The number of carboxylic acid groups (broad SMARTS) is 2. The normalized spacial score (nSPS) is 11.0. The number of halogens is 3. The van der Waals surface area contributed by atoms with Crippen molar-refractivity contribution in [2.45, 2.75) is 16.1 Å². The van der Waals surface area contributed by atoms with E-state index in [4.69, 9.17) is 15.0 Å². The number of rotatable bonds is 3. The molecule has 3 rings (SSSR count). The van der Waals surface area contributed by atoms with Crippen molar-refractivity contribution >= 4 is 45.3 Å². The van der Waals surface area contributed by atoms with E-state index < -0.39 is 18.1 Å². The zero-order valence-corrected chi connectivity index (χ0v) is 13.4. The average molecular weight is 392 g/mol. The van der Waals surface area contributed by atoms with Gasteiger partial charge in [0.2, 0.25) is 0 Å². The van der Waals surface area contributed by atoms with Gasteiger partial charge in [-0.1, -0.05) is 17.0 Å². The summed E-state index contributed by atoms with van der Waals surface area (Å²) in [6.07, 6.45) is -5.08. The van der Waals surface area contributed by atoms with Gasteiger partial charge in [0.15, 0.2) is 10.7 Å². The van der Waals surface area contributed by atoms with Crippen LogP contribution in [0.2, 0.25) is 0 Å². The van der Waals surface area contributed by atoms with E-state index in [2.05, 4.69) is 20.4 Å². The van der Waals surface area contributed by atoms with Gasteiger partial charge in [0.1, 0.15) is 0 Å². The summed E-state index contributed by atoms with van der Waals surface area (Å²) in [6.45, 7) is 0. The number of thiazole rings is 1. The molecule has 8 nitrogen and oxygen atoms in total. The van der Waals surface area contributed by atoms with Crippen LogP contribution in [-0.2, 0) is 4.79 Å². The van der Waals surface area contributed by atoms with Crippen LogP contribution in [0.5, 0.6) is 0 Å². The molecule has 0 aliphatic heterocycles. The van der Waals surface area contributed by atoms with Crippen molar-refractivity contribution in [1.82, 2.24) is 20.4 Å². The fraction of sp³-hybridized carbons (Fsp3) is 0.0833. The summed E-state index contributed by atoms with van der Waals surface area (Å²) in [5.41, 5.74) is 2.71. The minimum Gasteiger partial charge on any atom is -0.476 e. The number of hydrogen-bond donors (Lipinski definition) is 3. The zero-order chi connectivity index (χ0) is 18.6. The van der Waals surface area contributed by atoms with Crippen LogP contribution in [0.15, 0.2) is 33.6 Å². The molecule has 0 unspecified atom stereocenters. The first-order chi connectivity index (χ1) is 11.7. The molecule has 2 heterocycles. The highest BCUT2D eigenvalue weighted by Crippen LogP contribution is 2.31. The van der Waals surface area contributed by atoms with Crippen LogP contribution < -0.4 is 0 Å². The molecular weight excluding hydrogens is 385 g/mol. The first kappa shape index (κ1) is 18.7. The Kier molecular flexibility index (Phi) is 5.58. The molecule has 132 valence electrons. The summed E-state index contributed by atoms with van der Waals surface area (Å²) in [4.78, 5) is 24.9. The summed E-state index contributed by atoms with van der Waals surface area (Å²) in [6, 6.07) is 5.74. The maximum absolute atomic E-state index is 10.9. The van der Waals surface area contributed by atoms with Crippen LogP contribution in [-0.4, -0.2) is 48.7 Å². The Bertz CT molecular complexity index is 909. The molecule has 0 fully saturated rings. The Labute approximate surface area is 144 Å². The van der Waals surface area contributed by atoms with Gasteiger partial charge in [-0.3, -0.25) is 5.10 Å². The highest BCUT2D eigenvalue weighted by molar-refractivity contribution is 7.99. The summed E-state index contributed by atoms with van der Waals surface area (Å²) < 4.78 is 32.8. The molecule has 0 saturated heterocycles. The molecule has 0 saturated carbocycles. The lowest BCUT2D eigenvalue weighted by Crippen LogP contribution is -2.21. The van der Waals surface area contributed by atoms with E-state index in [1.807, 2.05) is 18.2 Å². The van der Waals surface area contributed by atoms with Gasteiger partial charge in [-0.15, -0.1) is 16.4 Å². The maximum atomic E-state index is 10.9. The Hall–Kier alpha value is -2.67. The summed E-state index contributed by atoms with van der Waals surface area (Å²) in [7, 11) is 0. The van der Waals surface area contributed by atoms with E-state index in [0.29, 0.717) is 5.03 Å². The Balaban J connectivity index is 0.000000277. The highest BCUT2D eigenvalue weighted by Gasteiger charge is 2.38. The molecular formula is C12H7F3N4O4S2. The van der Waals surface area contributed by atoms with Crippen LogP contribution in [0.3, 0.4) is 0 Å². The van der Waals surface area contributed by atoms with Crippen molar-refractivity contribution in [2.24, 2.45) is 0 Å². The molecule has 3 aromatic rings. The van der Waals surface area contributed by atoms with Crippen molar-refractivity contribution in [2.75, 3.05) is 0 Å². The summed E-state index contributed by atoms with van der Waals surface area (Å²) >= 11 is 2.80. The third-order valence-electron chi connectivity index (χ3n) is 2.49. The third kappa shape index (κ3) is 4.90. The Morgan fingerprint density at radius 1 is 1.24 bits per heavy atom. The fourth-order valence-electron chi connectivity index (χ4n) is 1.44. The second kappa shape index (κ2) is 7.48. The number of alkyl halides is 3. The number of nitrogens with zero attached hydrogens (tertiary/aromatic N) is 3. The quantitative estimate of drug-likeness (QED) is 0.620. The van der Waals surface area contributed by atoms with Crippen LogP contribution in [0.1, 0.15) is 10.5 Å². The number of carboxylic acids is 2. The number of H-pyrrole nitrogens is 1. The minimum absolute atomic E-state index is 0.00408. The van der Waals surface area contributed by atoms with E-state index in [1.165, 1.54) is 23.1 Å². The van der Waals surface area contributed by atoms with E-state index >= 15 is 0 Å². The van der Waals surface area contributed by atoms with E-state index in [9.17, 15) is 18.0 Å². The second-order valence-corrected chi connectivity index (χ2v) is 6.13. The number of fused-ring (bicyclic) bond motifs is 1. The third-order valence-corrected chi connectivity index (χ3v) is 4.25. The van der Waals surface area contributed by atoms with Crippen LogP contribution in [0, 0.1) is 0 Å². The number of aromatic nitrogens is 4. The molecule has 0 radical (unpaired) electrons. The number of aromatic carboxylic acids is 1. The molecule has 0 aliphatic carbocycles. The molecule has 13 heteroatoms. The number of benzene rings is 1. The van der Waals surface area contributed by atoms with Crippen molar-refractivity contribution < 1.29 is 33.0 Å². The summed E-state index contributed by atoms with van der Waals surface area (Å²) in [5.74, 6) is -3.83. The first-order valence-electron chi connectivity index (χ1n) is 6.14. The number of aromatic amines is 1. The smallest absolute Gasteiger partial charge is 0.476 e. The average Bonchev–Trinajstić information content (AvgIpc) is 3.15. The number of carbonyl (C=O) groups is 2. The largest absolute Gasteiger partial charge is 0.490 e. The van der Waals surface area contributed by atoms with Gasteiger partial charge in [-0.05, 0) is 18.2 Å². The SMILES string of the molecule is O=C(O)C(F)(F)F.O=C(O)c1[nH]nnc1Sc1ccc2ncsc2c1. The standard InChI is InChI=1S/C10H6N4O2S2.C2HF3O2/c15-10(16)8-9(13-14-12-8)18-5-1-2-6-7(3-5)17-4-11-6;3-2(4,5)1(6)7/h1-4H,(H,15,16)(H,12,13,14);(H,6,7). The van der Waals surface area contributed by atoms with Gasteiger partial charge >= 0.3 is 18.1 Å². The van der Waals surface area contributed by atoms with Crippen molar-refractivity contribution in [3.8, 4) is 0 Å². The minimum atomic E-state index is -5.08.